The molecule has 0 unspecified atom stereocenters. The first kappa shape index (κ1) is 18.3. The maximum Gasteiger partial charge on any atom is 0.194 e. The molecule has 130 valence electrons. The molecular weight excluding hydrogens is 288 g/mol. The molecule has 0 aliphatic carbocycles. The van der Waals surface area contributed by atoms with Gasteiger partial charge in [-0.1, -0.05) is 48.0 Å². The van der Waals surface area contributed by atoms with Crippen LogP contribution in [0.2, 0.25) is 0 Å². The third kappa shape index (κ3) is 4.27. The molecule has 0 N–H and O–H groups in total. The van der Waals surface area contributed by atoms with Crippen LogP contribution < -0.4 is 4.74 Å². The molecule has 0 spiro atoms. The van der Waals surface area contributed by atoms with Crippen molar-refractivity contribution in [2.24, 2.45) is 5.92 Å². The summed E-state index contributed by atoms with van der Waals surface area (Å²) >= 11 is 0. The quantitative estimate of drug-likeness (QED) is 0.736. The van der Waals surface area contributed by atoms with Crippen LogP contribution in [0.15, 0.2) is 18.2 Å². The fourth-order valence-corrected chi connectivity index (χ4v) is 2.97. The molecule has 1 aromatic carbocycles. The van der Waals surface area contributed by atoms with E-state index in [1.165, 1.54) is 5.56 Å². The van der Waals surface area contributed by atoms with E-state index in [1.54, 1.807) is 0 Å². The molecule has 1 aliphatic heterocycles. The van der Waals surface area contributed by atoms with Crippen LogP contribution in [-0.2, 0) is 20.7 Å². The lowest BCUT2D eigenvalue weighted by molar-refractivity contribution is -0.171. The zero-order valence-electron chi connectivity index (χ0n) is 15.6. The predicted octanol–water partition coefficient (Wildman–Crippen LogP) is 5.02. The largest absolute Gasteiger partial charge is 0.493 e. The summed E-state index contributed by atoms with van der Waals surface area (Å²) in [7, 11) is 0. The first-order valence-corrected chi connectivity index (χ1v) is 8.84. The second-order valence-electron chi connectivity index (χ2n) is 7.87. The number of hydrogen-bond donors (Lipinski definition) is 0. The number of rotatable bonds is 6. The van der Waals surface area contributed by atoms with Crippen molar-refractivity contribution in [2.45, 2.75) is 65.6 Å². The standard InChI is InChI=1S/C20H32O3/c1-7-10-20(22-11-12-23-20)16-8-9-18(21-14-15(2)3)17(13-16)19(4,5)6/h8-9,13,15H,7,10-12,14H2,1-6H3. The summed E-state index contributed by atoms with van der Waals surface area (Å²) in [5.41, 5.74) is 2.33. The highest BCUT2D eigenvalue weighted by atomic mass is 16.7. The van der Waals surface area contributed by atoms with Crippen molar-refractivity contribution in [2.75, 3.05) is 19.8 Å². The molecule has 0 atom stereocenters. The summed E-state index contributed by atoms with van der Waals surface area (Å²) in [6.45, 7) is 15.2. The van der Waals surface area contributed by atoms with E-state index in [0.717, 1.165) is 30.8 Å². The van der Waals surface area contributed by atoms with Crippen LogP contribution in [0.1, 0.15) is 65.5 Å². The molecule has 3 nitrogen and oxygen atoms in total. The summed E-state index contributed by atoms with van der Waals surface area (Å²) in [5.74, 6) is 0.903. The Hall–Kier alpha value is -1.06. The van der Waals surface area contributed by atoms with E-state index in [9.17, 15) is 0 Å². The molecule has 0 bridgehead atoms. The Bertz CT molecular complexity index is 508. The van der Waals surface area contributed by atoms with E-state index in [0.29, 0.717) is 19.1 Å². The second-order valence-corrected chi connectivity index (χ2v) is 7.87. The van der Waals surface area contributed by atoms with Crippen molar-refractivity contribution in [1.29, 1.82) is 0 Å². The van der Waals surface area contributed by atoms with Gasteiger partial charge in [-0.25, -0.2) is 0 Å². The minimum Gasteiger partial charge on any atom is -0.493 e. The molecule has 0 amide bonds. The highest BCUT2D eigenvalue weighted by molar-refractivity contribution is 5.43. The Morgan fingerprint density at radius 1 is 1.17 bits per heavy atom. The Morgan fingerprint density at radius 3 is 2.35 bits per heavy atom. The zero-order chi connectivity index (χ0) is 17.1. The van der Waals surface area contributed by atoms with Crippen molar-refractivity contribution < 1.29 is 14.2 Å². The van der Waals surface area contributed by atoms with Crippen LogP contribution in [0, 0.1) is 5.92 Å². The SMILES string of the molecule is CCCC1(c2ccc(OCC(C)C)c(C(C)(C)C)c2)OCCO1. The summed E-state index contributed by atoms with van der Waals surface area (Å²) in [6, 6.07) is 6.41. The molecule has 1 saturated heterocycles. The van der Waals surface area contributed by atoms with Crippen LogP contribution >= 0.6 is 0 Å². The first-order valence-electron chi connectivity index (χ1n) is 8.84. The van der Waals surface area contributed by atoms with Gasteiger partial charge in [-0.15, -0.1) is 0 Å². The van der Waals surface area contributed by atoms with Crippen molar-refractivity contribution in [3.05, 3.63) is 29.3 Å². The fourth-order valence-electron chi connectivity index (χ4n) is 2.97. The highest BCUT2D eigenvalue weighted by Gasteiger charge is 2.38. The average molecular weight is 320 g/mol. The molecule has 2 rings (SSSR count). The molecule has 3 heteroatoms. The predicted molar refractivity (Wildman–Crippen MR) is 94.0 cm³/mol. The van der Waals surface area contributed by atoms with Gasteiger partial charge in [0, 0.05) is 12.0 Å². The summed E-state index contributed by atoms with van der Waals surface area (Å²) in [5, 5.41) is 0. The maximum atomic E-state index is 6.05. The smallest absolute Gasteiger partial charge is 0.194 e. The van der Waals surface area contributed by atoms with Crippen LogP contribution in [0.5, 0.6) is 5.75 Å². The lowest BCUT2D eigenvalue weighted by Gasteiger charge is -2.30. The Kier molecular flexibility index (Phi) is 5.74. The highest BCUT2D eigenvalue weighted by Crippen LogP contribution is 2.40. The van der Waals surface area contributed by atoms with E-state index in [-0.39, 0.29) is 5.41 Å². The zero-order valence-corrected chi connectivity index (χ0v) is 15.6. The Morgan fingerprint density at radius 2 is 1.83 bits per heavy atom. The van der Waals surface area contributed by atoms with Crippen molar-refractivity contribution in [1.82, 2.24) is 0 Å². The summed E-state index contributed by atoms with van der Waals surface area (Å²) in [4.78, 5) is 0. The van der Waals surface area contributed by atoms with Crippen LogP contribution in [0.4, 0.5) is 0 Å². The number of benzene rings is 1. The van der Waals surface area contributed by atoms with Gasteiger partial charge in [0.25, 0.3) is 0 Å². The van der Waals surface area contributed by atoms with Gasteiger partial charge in [-0.05, 0) is 35.1 Å². The van der Waals surface area contributed by atoms with Crippen molar-refractivity contribution in [3.63, 3.8) is 0 Å². The fraction of sp³-hybridized carbons (Fsp3) is 0.700. The van der Waals surface area contributed by atoms with E-state index >= 15 is 0 Å². The third-order valence-corrected chi connectivity index (χ3v) is 4.13. The lowest BCUT2D eigenvalue weighted by atomic mass is 9.84. The molecule has 0 saturated carbocycles. The van der Waals surface area contributed by atoms with E-state index in [4.69, 9.17) is 14.2 Å². The van der Waals surface area contributed by atoms with Crippen LogP contribution in [0.25, 0.3) is 0 Å². The second kappa shape index (κ2) is 7.23. The minimum absolute atomic E-state index is 0.00827. The van der Waals surface area contributed by atoms with Gasteiger partial charge < -0.3 is 14.2 Å². The van der Waals surface area contributed by atoms with Gasteiger partial charge in [0.05, 0.1) is 19.8 Å². The normalized spacial score (nSPS) is 17.7. The first-order chi connectivity index (χ1) is 10.8. The molecular formula is C20H32O3. The molecule has 1 aliphatic rings. The summed E-state index contributed by atoms with van der Waals surface area (Å²) in [6.07, 6.45) is 1.90. The molecule has 1 heterocycles. The molecule has 0 aromatic heterocycles. The molecule has 1 fully saturated rings. The van der Waals surface area contributed by atoms with Gasteiger partial charge in [0.15, 0.2) is 5.79 Å². The van der Waals surface area contributed by atoms with Gasteiger partial charge in [-0.3, -0.25) is 0 Å². The van der Waals surface area contributed by atoms with Crippen LogP contribution in [-0.4, -0.2) is 19.8 Å². The average Bonchev–Trinajstić information content (AvgIpc) is 2.94. The van der Waals surface area contributed by atoms with E-state index < -0.39 is 5.79 Å². The number of hydrogen-bond acceptors (Lipinski definition) is 3. The minimum atomic E-state index is -0.578. The molecule has 1 aromatic rings. The lowest BCUT2D eigenvalue weighted by Crippen LogP contribution is -2.28. The van der Waals surface area contributed by atoms with E-state index in [1.807, 2.05) is 0 Å². The van der Waals surface area contributed by atoms with E-state index in [2.05, 4.69) is 59.7 Å². The van der Waals surface area contributed by atoms with Gasteiger partial charge in [0.2, 0.25) is 0 Å². The maximum absolute atomic E-state index is 6.05. The van der Waals surface area contributed by atoms with Crippen molar-refractivity contribution in [3.8, 4) is 5.75 Å². The third-order valence-electron chi connectivity index (χ3n) is 4.13. The van der Waals surface area contributed by atoms with Gasteiger partial charge in [-0.2, -0.15) is 0 Å². The van der Waals surface area contributed by atoms with Gasteiger partial charge >= 0.3 is 0 Å². The molecule has 23 heavy (non-hydrogen) atoms. The number of ether oxygens (including phenoxy) is 3. The monoisotopic (exact) mass is 320 g/mol. The molecule has 0 radical (unpaired) electrons. The Labute approximate surface area is 141 Å². The van der Waals surface area contributed by atoms with Gasteiger partial charge in [0.1, 0.15) is 5.75 Å². The van der Waals surface area contributed by atoms with Crippen molar-refractivity contribution >= 4 is 0 Å². The summed E-state index contributed by atoms with van der Waals surface area (Å²) < 4.78 is 18.1. The topological polar surface area (TPSA) is 27.7 Å². The van der Waals surface area contributed by atoms with Crippen LogP contribution in [0.3, 0.4) is 0 Å². The Balaban J connectivity index is 2.39.